The van der Waals surface area contributed by atoms with E-state index in [-0.39, 0.29) is 18.2 Å². The molecule has 2 bridgehead atoms. The molecule has 2 atom stereocenters. The predicted octanol–water partition coefficient (Wildman–Crippen LogP) is 6.65. The molecule has 1 amide bonds. The van der Waals surface area contributed by atoms with E-state index in [2.05, 4.69) is 59.2 Å². The highest BCUT2D eigenvalue weighted by Gasteiger charge is 2.47. The van der Waals surface area contributed by atoms with Gasteiger partial charge in [-0.25, -0.2) is 14.8 Å². The molecule has 6 rings (SSSR count). The van der Waals surface area contributed by atoms with E-state index >= 15 is 0 Å². The van der Waals surface area contributed by atoms with Gasteiger partial charge in [-0.2, -0.15) is 0 Å². The number of anilines is 3. The first-order valence-electron chi connectivity index (χ1n) is 13.8. The van der Waals surface area contributed by atoms with E-state index in [9.17, 15) is 4.79 Å². The van der Waals surface area contributed by atoms with Gasteiger partial charge >= 0.3 is 6.09 Å². The van der Waals surface area contributed by atoms with Crippen molar-refractivity contribution in [1.29, 1.82) is 0 Å². The summed E-state index contributed by atoms with van der Waals surface area (Å²) < 4.78 is 5.68. The molecule has 7 nitrogen and oxygen atoms in total. The van der Waals surface area contributed by atoms with Crippen LogP contribution in [0.25, 0.3) is 22.2 Å². The number of carbonyl (C=O) groups excluding carboxylic acids is 1. The fourth-order valence-electron chi connectivity index (χ4n) is 5.86. The summed E-state index contributed by atoms with van der Waals surface area (Å²) in [6.45, 7) is 10.2. The molecule has 0 aliphatic carbocycles. The summed E-state index contributed by atoms with van der Waals surface area (Å²) in [6.07, 6.45) is 2.61. The molecule has 2 aromatic carbocycles. The number of amides is 1. The molecule has 200 valence electrons. The summed E-state index contributed by atoms with van der Waals surface area (Å²) in [5.74, 6) is 0.894. The third-order valence-electron chi connectivity index (χ3n) is 7.57. The minimum atomic E-state index is -0.494. The number of carbonyl (C=O) groups is 1. The Morgan fingerprint density at radius 2 is 1.77 bits per heavy atom. The quantitative estimate of drug-likeness (QED) is 0.293. The number of hydrogen-bond acceptors (Lipinski definition) is 6. The lowest BCUT2D eigenvalue weighted by Crippen LogP contribution is -2.50. The van der Waals surface area contributed by atoms with Crippen LogP contribution in [0.15, 0.2) is 79.0 Å². The lowest BCUT2D eigenvalue weighted by atomic mass is 10.1. The van der Waals surface area contributed by atoms with Crippen molar-refractivity contribution in [2.75, 3.05) is 29.4 Å². The minimum Gasteiger partial charge on any atom is -0.444 e. The van der Waals surface area contributed by atoms with Crippen LogP contribution in [-0.2, 0) is 4.74 Å². The molecule has 2 aliphatic heterocycles. The number of benzene rings is 2. The van der Waals surface area contributed by atoms with Crippen LogP contribution in [0.5, 0.6) is 0 Å². The van der Waals surface area contributed by atoms with Crippen molar-refractivity contribution in [3.05, 3.63) is 79.0 Å². The van der Waals surface area contributed by atoms with Gasteiger partial charge in [0.15, 0.2) is 0 Å². The van der Waals surface area contributed by atoms with E-state index in [1.165, 1.54) is 5.69 Å². The van der Waals surface area contributed by atoms with E-state index in [0.29, 0.717) is 6.54 Å². The summed E-state index contributed by atoms with van der Waals surface area (Å²) in [5, 5.41) is 1.13. The third-order valence-corrected chi connectivity index (χ3v) is 7.57. The van der Waals surface area contributed by atoms with Crippen molar-refractivity contribution in [2.24, 2.45) is 0 Å². The summed E-state index contributed by atoms with van der Waals surface area (Å²) in [7, 11) is 0. The molecular formula is C32H35N5O2. The maximum Gasteiger partial charge on any atom is 0.410 e. The zero-order chi connectivity index (χ0) is 27.1. The Hall–Kier alpha value is -4.13. The zero-order valence-corrected chi connectivity index (χ0v) is 23.0. The van der Waals surface area contributed by atoms with Crippen molar-refractivity contribution in [1.82, 2.24) is 14.9 Å². The zero-order valence-electron chi connectivity index (χ0n) is 23.0. The maximum absolute atomic E-state index is 12.8. The van der Waals surface area contributed by atoms with Crippen LogP contribution in [0.4, 0.5) is 22.0 Å². The summed E-state index contributed by atoms with van der Waals surface area (Å²) >= 11 is 0. The van der Waals surface area contributed by atoms with E-state index < -0.39 is 5.60 Å². The number of nitrogens with zero attached hydrogens (tertiary/aromatic N) is 5. The Morgan fingerprint density at radius 3 is 2.49 bits per heavy atom. The van der Waals surface area contributed by atoms with E-state index in [4.69, 9.17) is 14.7 Å². The largest absolute Gasteiger partial charge is 0.444 e. The molecule has 0 N–H and O–H groups in total. The van der Waals surface area contributed by atoms with Crippen LogP contribution in [0.3, 0.4) is 0 Å². The maximum atomic E-state index is 12.8. The summed E-state index contributed by atoms with van der Waals surface area (Å²) in [5.41, 5.74) is 4.70. The van der Waals surface area contributed by atoms with Crippen LogP contribution in [0.1, 0.15) is 34.1 Å². The monoisotopic (exact) mass is 521 g/mol. The third kappa shape index (κ3) is 4.89. The van der Waals surface area contributed by atoms with E-state index in [0.717, 1.165) is 53.2 Å². The van der Waals surface area contributed by atoms with Gasteiger partial charge in [0, 0.05) is 54.2 Å². The smallest absolute Gasteiger partial charge is 0.410 e. The fourth-order valence-corrected chi connectivity index (χ4v) is 5.86. The van der Waals surface area contributed by atoms with Crippen molar-refractivity contribution in [2.45, 2.75) is 51.8 Å². The molecule has 4 aromatic rings. The number of piperazine rings is 1. The molecule has 4 heterocycles. The number of pyridine rings is 2. The van der Waals surface area contributed by atoms with Crippen LogP contribution < -0.4 is 9.80 Å². The standard InChI is InChI=1S/C32H35N5O2/c1-5-35(23-11-7-6-8-12-23)30-17-22(15-16-33-30)28-19-29(26-13-9-10-14-27(26)34-28)36-20-25-18-24(36)21-37(25)31(38)39-32(2,3)4/h6-17,19,24-25H,5,18,20-21H2,1-4H3. The lowest BCUT2D eigenvalue weighted by molar-refractivity contribution is 0.0215. The lowest BCUT2D eigenvalue weighted by Gasteiger charge is -2.37. The molecule has 2 fully saturated rings. The van der Waals surface area contributed by atoms with Gasteiger partial charge in [0.1, 0.15) is 11.4 Å². The highest BCUT2D eigenvalue weighted by atomic mass is 16.6. The normalized spacial score (nSPS) is 18.6. The highest BCUT2D eigenvalue weighted by molar-refractivity contribution is 5.95. The number of para-hydroxylation sites is 2. The fraction of sp³-hybridized carbons (Fsp3) is 0.344. The summed E-state index contributed by atoms with van der Waals surface area (Å²) in [4.78, 5) is 29.2. The molecule has 0 radical (unpaired) electrons. The molecule has 0 saturated carbocycles. The molecule has 39 heavy (non-hydrogen) atoms. The second-order valence-electron chi connectivity index (χ2n) is 11.4. The highest BCUT2D eigenvalue weighted by Crippen LogP contribution is 2.40. The first kappa shape index (κ1) is 25.2. The van der Waals surface area contributed by atoms with Crippen molar-refractivity contribution in [3.8, 4) is 11.3 Å². The van der Waals surface area contributed by atoms with E-state index in [1.54, 1.807) is 0 Å². The molecule has 2 aromatic heterocycles. The van der Waals surface area contributed by atoms with Crippen molar-refractivity contribution in [3.63, 3.8) is 0 Å². The topological polar surface area (TPSA) is 61.8 Å². The number of likely N-dealkylation sites (tertiary alicyclic amines) is 1. The van der Waals surface area contributed by atoms with Gasteiger partial charge in [0.05, 0.1) is 17.3 Å². The molecule has 0 spiro atoms. The van der Waals surface area contributed by atoms with Crippen LogP contribution in [0.2, 0.25) is 0 Å². The van der Waals surface area contributed by atoms with Gasteiger partial charge in [-0.3, -0.25) is 0 Å². The number of rotatable bonds is 5. The van der Waals surface area contributed by atoms with Gasteiger partial charge in [-0.1, -0.05) is 36.4 Å². The number of fused-ring (bicyclic) bond motifs is 3. The van der Waals surface area contributed by atoms with Crippen LogP contribution in [-0.4, -0.2) is 58.3 Å². The average Bonchev–Trinajstić information content (AvgIpc) is 3.54. The second-order valence-corrected chi connectivity index (χ2v) is 11.4. The van der Waals surface area contributed by atoms with Crippen LogP contribution in [0, 0.1) is 0 Å². The SMILES string of the molecule is CCN(c1ccccc1)c1cc(-c2cc(N3CC4CC3CN4C(=O)OC(C)(C)C)c3ccccc3n2)ccn1. The average molecular weight is 522 g/mol. The Labute approximate surface area is 230 Å². The Morgan fingerprint density at radius 1 is 1.00 bits per heavy atom. The molecule has 2 aliphatic rings. The number of ether oxygens (including phenoxy) is 1. The van der Waals surface area contributed by atoms with Crippen molar-refractivity contribution < 1.29 is 9.53 Å². The Kier molecular flexibility index (Phi) is 6.37. The van der Waals surface area contributed by atoms with E-state index in [1.807, 2.05) is 62.2 Å². The molecule has 7 heteroatoms. The van der Waals surface area contributed by atoms with Gasteiger partial charge in [-0.15, -0.1) is 0 Å². The summed E-state index contributed by atoms with van der Waals surface area (Å²) in [6, 6.07) is 25.4. The van der Waals surface area contributed by atoms with Crippen LogP contribution >= 0.6 is 0 Å². The van der Waals surface area contributed by atoms with Gasteiger partial charge < -0.3 is 19.4 Å². The minimum absolute atomic E-state index is 0.150. The molecule has 2 saturated heterocycles. The first-order valence-corrected chi connectivity index (χ1v) is 13.8. The van der Waals surface area contributed by atoms with Crippen molar-refractivity contribution >= 4 is 34.2 Å². The second kappa shape index (κ2) is 9.88. The Balaban J connectivity index is 1.33. The van der Waals surface area contributed by atoms with Gasteiger partial charge in [0.2, 0.25) is 0 Å². The molecule has 2 unspecified atom stereocenters. The number of aromatic nitrogens is 2. The predicted molar refractivity (Wildman–Crippen MR) is 157 cm³/mol. The first-order chi connectivity index (χ1) is 18.8. The van der Waals surface area contributed by atoms with Gasteiger partial charge in [0.25, 0.3) is 0 Å². The molecular weight excluding hydrogens is 486 g/mol. The number of hydrogen-bond donors (Lipinski definition) is 0. The Bertz CT molecular complexity index is 1500. The van der Waals surface area contributed by atoms with Gasteiger partial charge in [-0.05, 0) is 70.5 Å².